The molecule has 5 nitrogen and oxygen atoms in total. The largest absolute Gasteiger partial charge is 0.480 e. The minimum atomic E-state index is -0.993. The molecule has 2 rings (SSSR count). The summed E-state index contributed by atoms with van der Waals surface area (Å²) in [5, 5.41) is 8.99. The lowest BCUT2D eigenvalue weighted by atomic mass is 10.1. The Labute approximate surface area is 124 Å². The first kappa shape index (κ1) is 15.5. The van der Waals surface area contributed by atoms with E-state index in [1.54, 1.807) is 0 Å². The van der Waals surface area contributed by atoms with Gasteiger partial charge in [0.25, 0.3) is 5.91 Å². The fraction of sp³-hybridized carbons (Fsp3) is 0.500. The Morgan fingerprint density at radius 2 is 2.00 bits per heavy atom. The normalized spacial score (nSPS) is 18.2. The molecule has 1 aliphatic heterocycles. The molecule has 0 saturated carbocycles. The van der Waals surface area contributed by atoms with Crippen LogP contribution in [0.5, 0.6) is 0 Å². The van der Waals surface area contributed by atoms with Gasteiger partial charge in [-0.05, 0) is 31.2 Å². The third kappa shape index (κ3) is 4.86. The van der Waals surface area contributed by atoms with Crippen molar-refractivity contribution in [1.82, 2.24) is 4.90 Å². The van der Waals surface area contributed by atoms with E-state index >= 15 is 0 Å². The zero-order chi connectivity index (χ0) is 15.1. The van der Waals surface area contributed by atoms with Gasteiger partial charge >= 0.3 is 5.97 Å². The summed E-state index contributed by atoms with van der Waals surface area (Å²) < 4.78 is 5.47. The summed E-state index contributed by atoms with van der Waals surface area (Å²) in [7, 11) is 0. The first-order chi connectivity index (χ1) is 10.2. The zero-order valence-electron chi connectivity index (χ0n) is 12.0. The van der Waals surface area contributed by atoms with E-state index in [-0.39, 0.29) is 12.5 Å². The molecule has 1 heterocycles. The molecule has 1 aromatic carbocycles. The number of benzene rings is 1. The molecular formula is C16H21NO4. The van der Waals surface area contributed by atoms with Crippen LogP contribution in [-0.2, 0) is 20.7 Å². The van der Waals surface area contributed by atoms with Gasteiger partial charge in [0.05, 0.1) is 0 Å². The van der Waals surface area contributed by atoms with Gasteiger partial charge in [0.15, 0.2) is 0 Å². The lowest BCUT2D eigenvalue weighted by molar-refractivity contribution is -0.152. The standard InChI is InChI=1S/C16H21NO4/c18-15(19)12-17(10-9-13-6-2-1-3-7-13)16(20)14-8-4-5-11-21-14/h1-3,6-7,14H,4-5,8-12H2,(H,18,19). The predicted molar refractivity (Wildman–Crippen MR) is 78.0 cm³/mol. The molecule has 1 aliphatic rings. The zero-order valence-corrected chi connectivity index (χ0v) is 12.0. The molecule has 1 N–H and O–H groups in total. The van der Waals surface area contributed by atoms with E-state index in [9.17, 15) is 9.59 Å². The Morgan fingerprint density at radius 1 is 1.24 bits per heavy atom. The van der Waals surface area contributed by atoms with Gasteiger partial charge in [-0.15, -0.1) is 0 Å². The van der Waals surface area contributed by atoms with E-state index in [2.05, 4.69) is 0 Å². The highest BCUT2D eigenvalue weighted by Gasteiger charge is 2.27. The SMILES string of the molecule is O=C(O)CN(CCc1ccccc1)C(=O)C1CCCCO1. The van der Waals surface area contributed by atoms with Crippen molar-refractivity contribution < 1.29 is 19.4 Å². The number of carbonyl (C=O) groups excluding carboxylic acids is 1. The van der Waals surface area contributed by atoms with Crippen molar-refractivity contribution in [1.29, 1.82) is 0 Å². The number of ether oxygens (including phenoxy) is 1. The fourth-order valence-corrected chi connectivity index (χ4v) is 2.48. The van der Waals surface area contributed by atoms with Gasteiger partial charge in [-0.25, -0.2) is 0 Å². The highest BCUT2D eigenvalue weighted by molar-refractivity contribution is 5.84. The van der Waals surface area contributed by atoms with Crippen LogP contribution in [0.15, 0.2) is 30.3 Å². The van der Waals surface area contributed by atoms with Crippen LogP contribution in [0.2, 0.25) is 0 Å². The maximum absolute atomic E-state index is 12.4. The third-order valence-corrected chi connectivity index (χ3v) is 3.61. The van der Waals surface area contributed by atoms with Gasteiger partial charge in [-0.1, -0.05) is 30.3 Å². The second-order valence-electron chi connectivity index (χ2n) is 5.24. The molecule has 0 radical (unpaired) electrons. The average Bonchev–Trinajstić information content (AvgIpc) is 2.52. The van der Waals surface area contributed by atoms with Crippen molar-refractivity contribution in [3.8, 4) is 0 Å². The van der Waals surface area contributed by atoms with Gasteiger partial charge < -0.3 is 14.7 Å². The molecule has 114 valence electrons. The monoisotopic (exact) mass is 291 g/mol. The Bertz CT molecular complexity index is 468. The quantitative estimate of drug-likeness (QED) is 0.866. The van der Waals surface area contributed by atoms with Crippen molar-refractivity contribution in [2.45, 2.75) is 31.8 Å². The number of rotatable bonds is 6. The Hall–Kier alpha value is -1.88. The molecule has 1 atom stereocenters. The van der Waals surface area contributed by atoms with Gasteiger partial charge in [-0.2, -0.15) is 0 Å². The lowest BCUT2D eigenvalue weighted by Gasteiger charge is -2.28. The molecule has 1 amide bonds. The Kier molecular flexibility index (Phi) is 5.75. The Balaban J connectivity index is 1.96. The molecule has 5 heteroatoms. The van der Waals surface area contributed by atoms with Crippen LogP contribution in [-0.4, -0.2) is 47.7 Å². The van der Waals surface area contributed by atoms with Crippen LogP contribution in [0.25, 0.3) is 0 Å². The molecule has 0 spiro atoms. The van der Waals surface area contributed by atoms with Gasteiger partial charge in [-0.3, -0.25) is 9.59 Å². The molecule has 1 unspecified atom stereocenters. The molecular weight excluding hydrogens is 270 g/mol. The van der Waals surface area contributed by atoms with Crippen molar-refractivity contribution in [2.75, 3.05) is 19.7 Å². The molecule has 0 aromatic heterocycles. The highest BCUT2D eigenvalue weighted by atomic mass is 16.5. The Morgan fingerprint density at radius 3 is 2.62 bits per heavy atom. The van der Waals surface area contributed by atoms with Crippen LogP contribution in [0.1, 0.15) is 24.8 Å². The van der Waals surface area contributed by atoms with E-state index in [0.717, 1.165) is 18.4 Å². The van der Waals surface area contributed by atoms with Crippen LogP contribution in [0.4, 0.5) is 0 Å². The first-order valence-electron chi connectivity index (χ1n) is 7.33. The summed E-state index contributed by atoms with van der Waals surface area (Å²) in [6.45, 7) is 0.705. The van der Waals surface area contributed by atoms with E-state index in [0.29, 0.717) is 26.0 Å². The molecule has 0 bridgehead atoms. The first-order valence-corrected chi connectivity index (χ1v) is 7.33. The minimum Gasteiger partial charge on any atom is -0.480 e. The molecule has 1 aromatic rings. The van der Waals surface area contributed by atoms with Crippen molar-refractivity contribution >= 4 is 11.9 Å². The third-order valence-electron chi connectivity index (χ3n) is 3.61. The van der Waals surface area contributed by atoms with E-state index in [1.165, 1.54) is 4.90 Å². The van der Waals surface area contributed by atoms with Gasteiger partial charge in [0, 0.05) is 13.2 Å². The van der Waals surface area contributed by atoms with Crippen molar-refractivity contribution in [3.63, 3.8) is 0 Å². The van der Waals surface area contributed by atoms with Gasteiger partial charge in [0.2, 0.25) is 0 Å². The van der Waals surface area contributed by atoms with E-state index in [1.807, 2.05) is 30.3 Å². The summed E-state index contributed by atoms with van der Waals surface area (Å²) in [5.41, 5.74) is 1.09. The molecule has 0 aliphatic carbocycles. The minimum absolute atomic E-state index is 0.201. The molecule has 21 heavy (non-hydrogen) atoms. The van der Waals surface area contributed by atoms with Crippen LogP contribution >= 0.6 is 0 Å². The summed E-state index contributed by atoms with van der Waals surface area (Å²) in [5.74, 6) is -1.19. The summed E-state index contributed by atoms with van der Waals surface area (Å²) in [6, 6.07) is 9.74. The number of amides is 1. The lowest BCUT2D eigenvalue weighted by Crippen LogP contribution is -2.45. The van der Waals surface area contributed by atoms with Crippen LogP contribution in [0, 0.1) is 0 Å². The fourth-order valence-electron chi connectivity index (χ4n) is 2.48. The number of hydrogen-bond acceptors (Lipinski definition) is 3. The molecule has 1 fully saturated rings. The second-order valence-corrected chi connectivity index (χ2v) is 5.24. The van der Waals surface area contributed by atoms with Crippen molar-refractivity contribution in [2.24, 2.45) is 0 Å². The maximum atomic E-state index is 12.4. The second kappa shape index (κ2) is 7.78. The maximum Gasteiger partial charge on any atom is 0.323 e. The topological polar surface area (TPSA) is 66.8 Å². The smallest absolute Gasteiger partial charge is 0.323 e. The number of aliphatic carboxylic acids is 1. The highest BCUT2D eigenvalue weighted by Crippen LogP contribution is 2.15. The van der Waals surface area contributed by atoms with Crippen LogP contribution in [0.3, 0.4) is 0 Å². The number of hydrogen-bond donors (Lipinski definition) is 1. The van der Waals surface area contributed by atoms with E-state index < -0.39 is 12.1 Å². The number of carbonyl (C=O) groups is 2. The van der Waals surface area contributed by atoms with E-state index in [4.69, 9.17) is 9.84 Å². The number of carboxylic acids is 1. The van der Waals surface area contributed by atoms with Crippen LogP contribution < -0.4 is 0 Å². The summed E-state index contributed by atoms with van der Waals surface area (Å²) in [4.78, 5) is 24.8. The predicted octanol–water partition coefficient (Wildman–Crippen LogP) is 1.71. The molecule has 1 saturated heterocycles. The number of nitrogens with zero attached hydrogens (tertiary/aromatic N) is 1. The van der Waals surface area contributed by atoms with Gasteiger partial charge in [0.1, 0.15) is 12.6 Å². The average molecular weight is 291 g/mol. The van der Waals surface area contributed by atoms with Crippen molar-refractivity contribution in [3.05, 3.63) is 35.9 Å². The summed E-state index contributed by atoms with van der Waals surface area (Å²) in [6.07, 6.45) is 2.77. The number of carboxylic acid groups (broad SMARTS) is 1. The summed E-state index contributed by atoms with van der Waals surface area (Å²) >= 11 is 0.